The van der Waals surface area contributed by atoms with Crippen molar-refractivity contribution in [3.05, 3.63) is 59.2 Å². The minimum absolute atomic E-state index is 0.138. The standard InChI is InChI=1S/C19H19F2NO3S/c1-12-3-5-15(9-13(12)2)26-8-7-19(24)25-11-18(23)22-17-10-14(20)4-6-16(17)21/h3-6,9-10H,7-8,11H2,1-2H3,(H,22,23). The Kier molecular flexibility index (Phi) is 7.15. The first-order valence-electron chi connectivity index (χ1n) is 7.95. The quantitative estimate of drug-likeness (QED) is 0.577. The van der Waals surface area contributed by atoms with E-state index in [4.69, 9.17) is 4.74 Å². The lowest BCUT2D eigenvalue weighted by atomic mass is 10.1. The molecule has 0 fully saturated rings. The predicted octanol–water partition coefficient (Wildman–Crippen LogP) is 4.25. The van der Waals surface area contributed by atoms with Crippen molar-refractivity contribution in [3.63, 3.8) is 0 Å². The molecule has 0 aliphatic carbocycles. The van der Waals surface area contributed by atoms with Crippen LogP contribution in [-0.4, -0.2) is 24.2 Å². The maximum absolute atomic E-state index is 13.4. The number of amides is 1. The van der Waals surface area contributed by atoms with Crippen molar-refractivity contribution in [2.45, 2.75) is 25.2 Å². The number of aryl methyl sites for hydroxylation is 2. The van der Waals surface area contributed by atoms with Crippen LogP contribution in [0.15, 0.2) is 41.3 Å². The Hall–Kier alpha value is -2.41. The molecule has 0 radical (unpaired) electrons. The fourth-order valence-corrected chi connectivity index (χ4v) is 2.98. The molecule has 4 nitrogen and oxygen atoms in total. The summed E-state index contributed by atoms with van der Waals surface area (Å²) in [5, 5.41) is 2.16. The molecule has 0 aromatic heterocycles. The summed E-state index contributed by atoms with van der Waals surface area (Å²) in [6, 6.07) is 8.76. The van der Waals surface area contributed by atoms with Gasteiger partial charge in [-0.05, 0) is 49.2 Å². The Bertz CT molecular complexity index is 811. The third-order valence-corrected chi connectivity index (χ3v) is 4.62. The Morgan fingerprint density at radius 3 is 2.58 bits per heavy atom. The number of ether oxygens (including phenoxy) is 1. The maximum Gasteiger partial charge on any atom is 0.307 e. The van der Waals surface area contributed by atoms with Gasteiger partial charge in [-0.3, -0.25) is 9.59 Å². The topological polar surface area (TPSA) is 55.4 Å². The van der Waals surface area contributed by atoms with E-state index in [1.54, 1.807) is 0 Å². The van der Waals surface area contributed by atoms with Crippen molar-refractivity contribution in [2.75, 3.05) is 17.7 Å². The molecule has 0 bridgehead atoms. The highest BCUT2D eigenvalue weighted by molar-refractivity contribution is 7.99. The van der Waals surface area contributed by atoms with E-state index in [-0.39, 0.29) is 12.1 Å². The average molecular weight is 379 g/mol. The Morgan fingerprint density at radius 1 is 1.08 bits per heavy atom. The number of carbonyl (C=O) groups is 2. The van der Waals surface area contributed by atoms with Gasteiger partial charge in [-0.15, -0.1) is 11.8 Å². The molecule has 0 saturated carbocycles. The van der Waals surface area contributed by atoms with Crippen LogP contribution in [-0.2, 0) is 14.3 Å². The van der Waals surface area contributed by atoms with E-state index >= 15 is 0 Å². The summed E-state index contributed by atoms with van der Waals surface area (Å²) >= 11 is 1.52. The number of halogens is 2. The van der Waals surface area contributed by atoms with Gasteiger partial charge >= 0.3 is 5.97 Å². The normalized spacial score (nSPS) is 10.5. The molecule has 26 heavy (non-hydrogen) atoms. The molecule has 0 heterocycles. The number of hydrogen-bond donors (Lipinski definition) is 1. The van der Waals surface area contributed by atoms with E-state index in [9.17, 15) is 18.4 Å². The largest absolute Gasteiger partial charge is 0.456 e. The molecule has 0 aliphatic heterocycles. The van der Waals surface area contributed by atoms with E-state index in [2.05, 4.69) is 5.32 Å². The van der Waals surface area contributed by atoms with Gasteiger partial charge in [0, 0.05) is 16.7 Å². The molecule has 1 N–H and O–H groups in total. The van der Waals surface area contributed by atoms with Gasteiger partial charge in [0.15, 0.2) is 6.61 Å². The molecule has 2 aromatic rings. The van der Waals surface area contributed by atoms with Crippen LogP contribution in [0.5, 0.6) is 0 Å². The number of hydrogen-bond acceptors (Lipinski definition) is 4. The monoisotopic (exact) mass is 379 g/mol. The summed E-state index contributed by atoms with van der Waals surface area (Å²) in [4.78, 5) is 24.4. The Labute approximate surface area is 154 Å². The molecule has 7 heteroatoms. The summed E-state index contributed by atoms with van der Waals surface area (Å²) in [5.74, 6) is -2.19. The molecule has 0 unspecified atom stereocenters. The zero-order valence-electron chi connectivity index (χ0n) is 14.5. The molecule has 1 amide bonds. The summed E-state index contributed by atoms with van der Waals surface area (Å²) in [7, 11) is 0. The number of carbonyl (C=O) groups excluding carboxylic acids is 2. The van der Waals surface area contributed by atoms with Gasteiger partial charge in [0.25, 0.3) is 5.91 Å². The summed E-state index contributed by atoms with van der Waals surface area (Å²) < 4.78 is 31.3. The molecule has 2 rings (SSSR count). The number of thioether (sulfide) groups is 1. The number of rotatable bonds is 7. The predicted molar refractivity (Wildman–Crippen MR) is 97.2 cm³/mol. The molecule has 2 aromatic carbocycles. The van der Waals surface area contributed by atoms with Crippen LogP contribution in [0.4, 0.5) is 14.5 Å². The molecule has 138 valence electrons. The third-order valence-electron chi connectivity index (χ3n) is 3.62. The lowest BCUT2D eigenvalue weighted by Crippen LogP contribution is -2.21. The number of esters is 1. The fourth-order valence-electron chi connectivity index (χ4n) is 2.05. The van der Waals surface area contributed by atoms with Crippen molar-refractivity contribution in [1.82, 2.24) is 0 Å². The first-order chi connectivity index (χ1) is 12.3. The van der Waals surface area contributed by atoms with Gasteiger partial charge in [0.05, 0.1) is 12.1 Å². The lowest BCUT2D eigenvalue weighted by molar-refractivity contribution is -0.146. The second-order valence-electron chi connectivity index (χ2n) is 5.68. The lowest BCUT2D eigenvalue weighted by Gasteiger charge is -2.08. The molecular formula is C19H19F2NO3S. The Balaban J connectivity index is 1.71. The third kappa shape index (κ3) is 6.15. The van der Waals surface area contributed by atoms with Crippen molar-refractivity contribution in [3.8, 4) is 0 Å². The molecule has 0 atom stereocenters. The average Bonchev–Trinajstić information content (AvgIpc) is 2.59. The van der Waals surface area contributed by atoms with Crippen LogP contribution in [0.2, 0.25) is 0 Å². The van der Waals surface area contributed by atoms with Crippen LogP contribution >= 0.6 is 11.8 Å². The summed E-state index contributed by atoms with van der Waals surface area (Å²) in [5.41, 5.74) is 2.09. The van der Waals surface area contributed by atoms with Gasteiger partial charge in [0.2, 0.25) is 0 Å². The van der Waals surface area contributed by atoms with Crippen LogP contribution in [0, 0.1) is 25.5 Å². The van der Waals surface area contributed by atoms with E-state index < -0.39 is 30.1 Å². The zero-order valence-corrected chi connectivity index (χ0v) is 15.3. The van der Waals surface area contributed by atoms with Crippen LogP contribution < -0.4 is 5.32 Å². The van der Waals surface area contributed by atoms with E-state index in [0.717, 1.165) is 23.1 Å². The number of benzene rings is 2. The molecular weight excluding hydrogens is 360 g/mol. The van der Waals surface area contributed by atoms with Crippen LogP contribution in [0.25, 0.3) is 0 Å². The van der Waals surface area contributed by atoms with Gasteiger partial charge in [-0.1, -0.05) is 6.07 Å². The Morgan fingerprint density at radius 2 is 1.85 bits per heavy atom. The molecule has 0 spiro atoms. The van der Waals surface area contributed by atoms with Crippen LogP contribution in [0.1, 0.15) is 17.5 Å². The minimum atomic E-state index is -0.768. The van der Waals surface area contributed by atoms with Crippen molar-refractivity contribution < 1.29 is 23.1 Å². The fraction of sp³-hybridized carbons (Fsp3) is 0.263. The smallest absolute Gasteiger partial charge is 0.307 e. The van der Waals surface area contributed by atoms with E-state index in [0.29, 0.717) is 5.75 Å². The zero-order chi connectivity index (χ0) is 19.1. The van der Waals surface area contributed by atoms with Crippen molar-refractivity contribution in [1.29, 1.82) is 0 Å². The highest BCUT2D eigenvalue weighted by Crippen LogP contribution is 2.21. The summed E-state index contributed by atoms with van der Waals surface area (Å²) in [6.07, 6.45) is 0.138. The van der Waals surface area contributed by atoms with Gasteiger partial charge < -0.3 is 10.1 Å². The first-order valence-corrected chi connectivity index (χ1v) is 8.94. The molecule has 0 aliphatic rings. The first kappa shape index (κ1) is 19.9. The van der Waals surface area contributed by atoms with Crippen LogP contribution in [0.3, 0.4) is 0 Å². The van der Waals surface area contributed by atoms with E-state index in [1.165, 1.54) is 22.9 Å². The SMILES string of the molecule is Cc1ccc(SCCC(=O)OCC(=O)Nc2cc(F)ccc2F)cc1C. The van der Waals surface area contributed by atoms with Gasteiger partial charge in [0.1, 0.15) is 11.6 Å². The number of anilines is 1. The maximum atomic E-state index is 13.4. The van der Waals surface area contributed by atoms with Crippen molar-refractivity contribution >= 4 is 29.3 Å². The number of nitrogens with one attached hydrogen (secondary N) is 1. The summed E-state index contributed by atoms with van der Waals surface area (Å²) in [6.45, 7) is 3.50. The van der Waals surface area contributed by atoms with Crippen molar-refractivity contribution in [2.24, 2.45) is 0 Å². The van der Waals surface area contributed by atoms with Gasteiger partial charge in [-0.25, -0.2) is 8.78 Å². The van der Waals surface area contributed by atoms with Gasteiger partial charge in [-0.2, -0.15) is 0 Å². The minimum Gasteiger partial charge on any atom is -0.456 e. The highest BCUT2D eigenvalue weighted by atomic mass is 32.2. The highest BCUT2D eigenvalue weighted by Gasteiger charge is 2.11. The second-order valence-corrected chi connectivity index (χ2v) is 6.85. The van der Waals surface area contributed by atoms with E-state index in [1.807, 2.05) is 32.0 Å². The molecule has 0 saturated heterocycles. The second kappa shape index (κ2) is 9.33.